The molecule has 2 heterocycles. The van der Waals surface area contributed by atoms with E-state index in [9.17, 15) is 9.59 Å². The molecular formula is C27H27ClN2O6S. The Bertz CT molecular complexity index is 1560. The van der Waals surface area contributed by atoms with E-state index in [-0.39, 0.29) is 17.7 Å². The van der Waals surface area contributed by atoms with Gasteiger partial charge in [-0.25, -0.2) is 9.79 Å². The summed E-state index contributed by atoms with van der Waals surface area (Å²) in [4.78, 5) is 32.0. The van der Waals surface area contributed by atoms with Crippen molar-refractivity contribution < 1.29 is 23.7 Å². The van der Waals surface area contributed by atoms with Crippen LogP contribution in [0, 0.1) is 0 Å². The lowest BCUT2D eigenvalue weighted by Crippen LogP contribution is -2.40. The maximum absolute atomic E-state index is 13.8. The van der Waals surface area contributed by atoms with Gasteiger partial charge in [-0.1, -0.05) is 29.0 Å². The van der Waals surface area contributed by atoms with E-state index in [4.69, 9.17) is 30.5 Å². The molecule has 1 aliphatic rings. The molecule has 0 spiro atoms. The van der Waals surface area contributed by atoms with Gasteiger partial charge in [0.2, 0.25) is 0 Å². The molecule has 0 fully saturated rings. The standard InChI is InChI=1S/C27H27ClN2O6S/c1-6-35-21-10-8-16(12-19(21)28)13-22-25(31)30-24(18-14-17(33-4)9-11-20(18)34-5)23(26(32)36-7-2)15(3)29-27(30)37-22/h8-14,24H,6-7H2,1-5H3/b22-13+/t24-/m1/s1. The molecule has 1 aliphatic heterocycles. The zero-order valence-corrected chi connectivity index (χ0v) is 22.7. The highest BCUT2D eigenvalue weighted by Gasteiger charge is 2.35. The SMILES string of the molecule is CCOC(=O)C1=C(C)N=c2s/c(=C/c3ccc(OCC)c(Cl)c3)c(=O)n2[C@@H]1c1cc(OC)ccc1OC. The van der Waals surface area contributed by atoms with Gasteiger partial charge in [0.05, 0.1) is 48.3 Å². The zero-order chi connectivity index (χ0) is 26.7. The first-order valence-electron chi connectivity index (χ1n) is 11.7. The van der Waals surface area contributed by atoms with Gasteiger partial charge >= 0.3 is 5.97 Å². The van der Waals surface area contributed by atoms with Crippen LogP contribution in [0.25, 0.3) is 6.08 Å². The molecule has 8 nitrogen and oxygen atoms in total. The molecule has 4 rings (SSSR count). The number of carbonyl (C=O) groups is 1. The topological polar surface area (TPSA) is 88.4 Å². The van der Waals surface area contributed by atoms with Crippen LogP contribution in [-0.4, -0.2) is 38.0 Å². The number of esters is 1. The fraction of sp³-hybridized carbons (Fsp3) is 0.296. The maximum atomic E-state index is 13.8. The lowest BCUT2D eigenvalue weighted by atomic mass is 9.94. The molecule has 194 valence electrons. The maximum Gasteiger partial charge on any atom is 0.338 e. The highest BCUT2D eigenvalue weighted by atomic mass is 35.5. The Labute approximate surface area is 223 Å². The molecule has 1 atom stereocenters. The Balaban J connectivity index is 1.96. The number of ether oxygens (including phenoxy) is 4. The Morgan fingerprint density at radius 2 is 1.86 bits per heavy atom. The lowest BCUT2D eigenvalue weighted by Gasteiger charge is -2.26. The van der Waals surface area contributed by atoms with E-state index in [2.05, 4.69) is 4.99 Å². The smallest absolute Gasteiger partial charge is 0.338 e. The number of aromatic nitrogens is 1. The van der Waals surface area contributed by atoms with Crippen molar-refractivity contribution in [1.82, 2.24) is 4.57 Å². The highest BCUT2D eigenvalue weighted by molar-refractivity contribution is 7.07. The Morgan fingerprint density at radius 3 is 2.51 bits per heavy atom. The molecule has 0 amide bonds. The summed E-state index contributed by atoms with van der Waals surface area (Å²) in [5, 5.41) is 0.447. The second-order valence-electron chi connectivity index (χ2n) is 8.03. The summed E-state index contributed by atoms with van der Waals surface area (Å²) in [5.74, 6) is 1.07. The van der Waals surface area contributed by atoms with Crippen LogP contribution in [0.2, 0.25) is 5.02 Å². The molecule has 0 N–H and O–H groups in total. The number of benzene rings is 2. The number of fused-ring (bicyclic) bond motifs is 1. The van der Waals surface area contributed by atoms with Crippen molar-refractivity contribution in [1.29, 1.82) is 0 Å². The lowest BCUT2D eigenvalue weighted by molar-refractivity contribution is -0.139. The van der Waals surface area contributed by atoms with Crippen LogP contribution in [0.4, 0.5) is 0 Å². The zero-order valence-electron chi connectivity index (χ0n) is 21.2. The number of methoxy groups -OCH3 is 2. The summed E-state index contributed by atoms with van der Waals surface area (Å²) < 4.78 is 23.8. The first-order chi connectivity index (χ1) is 17.8. The van der Waals surface area contributed by atoms with Crippen LogP contribution in [-0.2, 0) is 9.53 Å². The Hall–Kier alpha value is -3.56. The molecule has 37 heavy (non-hydrogen) atoms. The minimum absolute atomic E-state index is 0.181. The predicted molar refractivity (Wildman–Crippen MR) is 143 cm³/mol. The van der Waals surface area contributed by atoms with Gasteiger partial charge in [0, 0.05) is 5.56 Å². The summed E-state index contributed by atoms with van der Waals surface area (Å²) in [6.45, 7) is 6.01. The number of carbonyl (C=O) groups excluding carboxylic acids is 1. The van der Waals surface area contributed by atoms with Crippen LogP contribution in [0.1, 0.15) is 37.9 Å². The van der Waals surface area contributed by atoms with E-state index in [0.717, 1.165) is 5.56 Å². The molecule has 1 aromatic heterocycles. The van der Waals surface area contributed by atoms with E-state index < -0.39 is 12.0 Å². The van der Waals surface area contributed by atoms with Gasteiger partial charge in [0.15, 0.2) is 4.80 Å². The molecule has 0 unspecified atom stereocenters. The van der Waals surface area contributed by atoms with Crippen molar-refractivity contribution in [2.24, 2.45) is 4.99 Å². The summed E-state index contributed by atoms with van der Waals surface area (Å²) in [6, 6.07) is 9.75. The monoisotopic (exact) mass is 542 g/mol. The third-order valence-electron chi connectivity index (χ3n) is 5.80. The summed E-state index contributed by atoms with van der Waals surface area (Å²) in [6.07, 6.45) is 1.74. The second-order valence-corrected chi connectivity index (χ2v) is 9.45. The number of nitrogens with zero attached hydrogens (tertiary/aromatic N) is 2. The van der Waals surface area contributed by atoms with E-state index in [1.54, 1.807) is 57.4 Å². The number of hydrogen-bond acceptors (Lipinski definition) is 8. The first-order valence-corrected chi connectivity index (χ1v) is 12.9. The second kappa shape index (κ2) is 11.2. The number of rotatable bonds is 8. The van der Waals surface area contributed by atoms with E-state index in [0.29, 0.717) is 49.5 Å². The highest BCUT2D eigenvalue weighted by Crippen LogP contribution is 2.37. The molecule has 3 aromatic rings. The normalized spacial score (nSPS) is 15.2. The fourth-order valence-electron chi connectivity index (χ4n) is 4.17. The number of thiazole rings is 1. The molecule has 0 aliphatic carbocycles. The van der Waals surface area contributed by atoms with E-state index in [1.807, 2.05) is 13.0 Å². The van der Waals surface area contributed by atoms with Gasteiger partial charge in [-0.2, -0.15) is 0 Å². The van der Waals surface area contributed by atoms with Gasteiger partial charge in [0.25, 0.3) is 5.56 Å². The molecule has 0 radical (unpaired) electrons. The minimum Gasteiger partial charge on any atom is -0.497 e. The third kappa shape index (κ3) is 5.14. The van der Waals surface area contributed by atoms with Crippen molar-refractivity contribution in [3.8, 4) is 17.2 Å². The average Bonchev–Trinajstić information content (AvgIpc) is 3.18. The molecule has 10 heteroatoms. The van der Waals surface area contributed by atoms with Crippen LogP contribution < -0.4 is 29.1 Å². The van der Waals surface area contributed by atoms with Gasteiger partial charge in [-0.05, 0) is 62.7 Å². The summed E-state index contributed by atoms with van der Waals surface area (Å²) in [5.41, 5.74) is 1.73. The molecule has 0 saturated carbocycles. The quantitative estimate of drug-likeness (QED) is 0.402. The van der Waals surface area contributed by atoms with Crippen molar-refractivity contribution in [3.63, 3.8) is 0 Å². The Morgan fingerprint density at radius 1 is 1.11 bits per heavy atom. The molecule has 0 bridgehead atoms. The van der Waals surface area contributed by atoms with Gasteiger partial charge in [0.1, 0.15) is 23.3 Å². The van der Waals surface area contributed by atoms with Crippen LogP contribution in [0.5, 0.6) is 17.2 Å². The average molecular weight is 543 g/mol. The Kier molecular flexibility index (Phi) is 8.04. The molecular weight excluding hydrogens is 516 g/mol. The largest absolute Gasteiger partial charge is 0.497 e. The number of hydrogen-bond donors (Lipinski definition) is 0. The minimum atomic E-state index is -0.827. The number of allylic oxidation sites excluding steroid dienone is 1. The van der Waals surface area contributed by atoms with Crippen molar-refractivity contribution in [2.45, 2.75) is 26.8 Å². The van der Waals surface area contributed by atoms with Gasteiger partial charge in [-0.3, -0.25) is 9.36 Å². The van der Waals surface area contributed by atoms with Crippen LogP contribution in [0.15, 0.2) is 57.5 Å². The summed E-state index contributed by atoms with van der Waals surface area (Å²) >= 11 is 7.58. The van der Waals surface area contributed by atoms with Crippen molar-refractivity contribution in [3.05, 3.63) is 83.5 Å². The van der Waals surface area contributed by atoms with Gasteiger partial charge in [-0.15, -0.1) is 0 Å². The van der Waals surface area contributed by atoms with Gasteiger partial charge < -0.3 is 18.9 Å². The van der Waals surface area contributed by atoms with Crippen molar-refractivity contribution in [2.75, 3.05) is 27.4 Å². The van der Waals surface area contributed by atoms with E-state index >= 15 is 0 Å². The van der Waals surface area contributed by atoms with E-state index in [1.165, 1.54) is 23.0 Å². The fourth-order valence-corrected chi connectivity index (χ4v) is 5.46. The molecule has 2 aromatic carbocycles. The van der Waals surface area contributed by atoms with Crippen molar-refractivity contribution >= 4 is 35.0 Å². The van der Waals surface area contributed by atoms with Crippen LogP contribution in [0.3, 0.4) is 0 Å². The first kappa shape index (κ1) is 26.5. The van der Waals surface area contributed by atoms with Crippen LogP contribution >= 0.6 is 22.9 Å². The predicted octanol–water partition coefficient (Wildman–Crippen LogP) is 3.87. The number of halogens is 1. The third-order valence-corrected chi connectivity index (χ3v) is 7.08. The summed E-state index contributed by atoms with van der Waals surface area (Å²) in [7, 11) is 3.08. The molecule has 0 saturated heterocycles.